The molecular formula is C16H11BrN4O3. The van der Waals surface area contributed by atoms with Crippen molar-refractivity contribution in [2.45, 2.75) is 6.54 Å². The summed E-state index contributed by atoms with van der Waals surface area (Å²) in [6.45, 7) is 0.474. The third-order valence-electron chi connectivity index (χ3n) is 3.52. The van der Waals surface area contributed by atoms with E-state index in [4.69, 9.17) is 4.42 Å². The van der Waals surface area contributed by atoms with Gasteiger partial charge in [0.2, 0.25) is 0 Å². The van der Waals surface area contributed by atoms with Crippen LogP contribution in [-0.4, -0.2) is 17.0 Å². The monoisotopic (exact) mass is 386 g/mol. The molecule has 0 N–H and O–H groups in total. The molecule has 0 amide bonds. The first-order valence-electron chi connectivity index (χ1n) is 6.92. The number of non-ortho nitro benzene ring substituents is 1. The third-order valence-corrected chi connectivity index (χ3v) is 3.95. The van der Waals surface area contributed by atoms with E-state index >= 15 is 0 Å². The molecule has 0 saturated carbocycles. The largest absolute Gasteiger partial charge is 0.452 e. The normalized spacial score (nSPS) is 10.5. The molecule has 7 nitrogen and oxygen atoms in total. The number of aromatic nitrogens is 1. The zero-order chi connectivity index (χ0) is 17.3. The minimum Gasteiger partial charge on any atom is -0.452 e. The van der Waals surface area contributed by atoms with Crippen LogP contribution in [0.1, 0.15) is 11.3 Å². The predicted octanol–water partition coefficient (Wildman–Crippen LogP) is 4.01. The van der Waals surface area contributed by atoms with Crippen LogP contribution in [0.15, 0.2) is 45.5 Å². The highest BCUT2D eigenvalue weighted by Crippen LogP contribution is 2.27. The second-order valence-corrected chi connectivity index (χ2v) is 5.94. The number of rotatable bonds is 4. The van der Waals surface area contributed by atoms with E-state index in [-0.39, 0.29) is 5.69 Å². The molecule has 3 aromatic rings. The van der Waals surface area contributed by atoms with Crippen molar-refractivity contribution >= 4 is 38.3 Å². The van der Waals surface area contributed by atoms with Crippen LogP contribution in [0.2, 0.25) is 0 Å². The average Bonchev–Trinajstić information content (AvgIpc) is 2.97. The number of hydrogen-bond acceptors (Lipinski definition) is 6. The zero-order valence-electron chi connectivity index (χ0n) is 12.6. The van der Waals surface area contributed by atoms with Gasteiger partial charge in [0.1, 0.15) is 11.6 Å². The Kier molecular flexibility index (Phi) is 4.18. The number of fused-ring (bicyclic) bond motifs is 1. The Morgan fingerprint density at radius 1 is 1.38 bits per heavy atom. The first-order chi connectivity index (χ1) is 11.5. The molecule has 0 aliphatic rings. The van der Waals surface area contributed by atoms with Crippen molar-refractivity contribution in [3.63, 3.8) is 0 Å². The molecule has 24 heavy (non-hydrogen) atoms. The Balaban J connectivity index is 2.01. The molecule has 0 unspecified atom stereocenters. The number of nitro benzene ring substituents is 1. The molecule has 0 spiro atoms. The molecule has 2 heterocycles. The number of nitrogens with zero attached hydrogens (tertiary/aromatic N) is 4. The van der Waals surface area contributed by atoms with Crippen LogP contribution in [0.5, 0.6) is 0 Å². The number of benzene rings is 1. The van der Waals surface area contributed by atoms with E-state index in [1.165, 1.54) is 12.1 Å². The lowest BCUT2D eigenvalue weighted by Gasteiger charge is -2.17. The fourth-order valence-corrected chi connectivity index (χ4v) is 2.69. The van der Waals surface area contributed by atoms with E-state index < -0.39 is 4.92 Å². The lowest BCUT2D eigenvalue weighted by molar-refractivity contribution is -0.384. The van der Waals surface area contributed by atoms with Crippen molar-refractivity contribution in [1.82, 2.24) is 4.98 Å². The molecule has 0 saturated heterocycles. The number of nitro groups is 1. The lowest BCUT2D eigenvalue weighted by Crippen LogP contribution is -2.17. The van der Waals surface area contributed by atoms with Gasteiger partial charge in [0.25, 0.3) is 5.69 Å². The Bertz CT molecular complexity index is 977. The Labute approximate surface area is 145 Å². The number of pyridine rings is 1. The molecule has 0 fully saturated rings. The number of nitriles is 1. The van der Waals surface area contributed by atoms with Crippen LogP contribution in [-0.2, 0) is 6.54 Å². The van der Waals surface area contributed by atoms with Gasteiger partial charge in [-0.15, -0.1) is 0 Å². The van der Waals surface area contributed by atoms with E-state index in [9.17, 15) is 15.4 Å². The van der Waals surface area contributed by atoms with Crippen LogP contribution >= 0.6 is 15.9 Å². The summed E-state index contributed by atoms with van der Waals surface area (Å²) in [6.07, 6.45) is 0. The molecule has 8 heteroatoms. The fourth-order valence-electron chi connectivity index (χ4n) is 2.35. The van der Waals surface area contributed by atoms with Crippen LogP contribution in [0.3, 0.4) is 0 Å². The van der Waals surface area contributed by atoms with Crippen molar-refractivity contribution in [3.8, 4) is 6.07 Å². The zero-order valence-corrected chi connectivity index (χ0v) is 14.1. The molecule has 0 bridgehead atoms. The smallest absolute Gasteiger partial charge is 0.270 e. The van der Waals surface area contributed by atoms with Crippen LogP contribution in [0.4, 0.5) is 11.5 Å². The fraction of sp³-hybridized carbons (Fsp3) is 0.125. The summed E-state index contributed by atoms with van der Waals surface area (Å²) in [5.41, 5.74) is 0.802. The number of furan rings is 1. The van der Waals surface area contributed by atoms with Gasteiger partial charge in [0, 0.05) is 24.6 Å². The number of hydrogen-bond donors (Lipinski definition) is 0. The van der Waals surface area contributed by atoms with Gasteiger partial charge in [-0.2, -0.15) is 5.26 Å². The van der Waals surface area contributed by atoms with Crippen molar-refractivity contribution in [2.24, 2.45) is 0 Å². The van der Waals surface area contributed by atoms with E-state index in [2.05, 4.69) is 27.0 Å². The SMILES string of the molecule is CN(Cc1ccc(Br)o1)c1cc(C#N)c2cc([N+](=O)[O-])ccc2n1. The van der Waals surface area contributed by atoms with E-state index in [0.29, 0.717) is 33.5 Å². The maximum atomic E-state index is 10.9. The predicted molar refractivity (Wildman–Crippen MR) is 91.6 cm³/mol. The molecule has 0 aliphatic carbocycles. The summed E-state index contributed by atoms with van der Waals surface area (Å²) >= 11 is 3.25. The molecule has 0 radical (unpaired) electrons. The topological polar surface area (TPSA) is 96.2 Å². The second kappa shape index (κ2) is 6.29. The lowest BCUT2D eigenvalue weighted by atomic mass is 10.1. The summed E-state index contributed by atoms with van der Waals surface area (Å²) in [5, 5.41) is 20.7. The molecule has 2 aromatic heterocycles. The third kappa shape index (κ3) is 3.07. The molecular weight excluding hydrogens is 376 g/mol. The van der Waals surface area contributed by atoms with Gasteiger partial charge in [-0.3, -0.25) is 10.1 Å². The Morgan fingerprint density at radius 2 is 2.17 bits per heavy atom. The van der Waals surface area contributed by atoms with Gasteiger partial charge in [-0.1, -0.05) is 0 Å². The van der Waals surface area contributed by atoms with Gasteiger partial charge in [-0.25, -0.2) is 4.98 Å². The first-order valence-corrected chi connectivity index (χ1v) is 7.72. The van der Waals surface area contributed by atoms with Crippen molar-refractivity contribution in [3.05, 3.63) is 62.5 Å². The summed E-state index contributed by atoms with van der Waals surface area (Å²) in [7, 11) is 1.83. The van der Waals surface area contributed by atoms with Crippen LogP contribution < -0.4 is 4.90 Å². The van der Waals surface area contributed by atoms with Crippen LogP contribution in [0, 0.1) is 21.4 Å². The van der Waals surface area contributed by atoms with Gasteiger partial charge in [-0.05, 0) is 40.2 Å². The highest BCUT2D eigenvalue weighted by molar-refractivity contribution is 9.10. The van der Waals surface area contributed by atoms with E-state index in [1.807, 2.05) is 18.0 Å². The maximum Gasteiger partial charge on any atom is 0.270 e. The molecule has 3 rings (SSSR count). The van der Waals surface area contributed by atoms with Gasteiger partial charge < -0.3 is 9.32 Å². The van der Waals surface area contributed by atoms with Crippen LogP contribution in [0.25, 0.3) is 10.9 Å². The minimum absolute atomic E-state index is 0.0673. The summed E-state index contributed by atoms with van der Waals surface area (Å²) in [5.74, 6) is 1.33. The first kappa shape index (κ1) is 16.0. The summed E-state index contributed by atoms with van der Waals surface area (Å²) < 4.78 is 6.11. The Morgan fingerprint density at radius 3 is 2.79 bits per heavy atom. The second-order valence-electron chi connectivity index (χ2n) is 5.16. The molecule has 120 valence electrons. The highest BCUT2D eigenvalue weighted by atomic mass is 79.9. The van der Waals surface area contributed by atoms with E-state index in [0.717, 1.165) is 5.76 Å². The van der Waals surface area contributed by atoms with Gasteiger partial charge in [0.15, 0.2) is 4.67 Å². The standard InChI is InChI=1S/C16H11BrN4O3/c1-20(9-12-3-5-15(17)24-12)16-6-10(8-18)13-7-11(21(22)23)2-4-14(13)19-16/h2-7H,9H2,1H3. The van der Waals surface area contributed by atoms with Gasteiger partial charge in [0.05, 0.1) is 28.6 Å². The number of halogens is 1. The van der Waals surface area contributed by atoms with Crippen molar-refractivity contribution < 1.29 is 9.34 Å². The minimum atomic E-state index is -0.491. The number of anilines is 1. The Hall–Kier alpha value is -2.92. The molecule has 0 aliphatic heterocycles. The van der Waals surface area contributed by atoms with E-state index in [1.54, 1.807) is 18.2 Å². The maximum absolute atomic E-state index is 10.9. The van der Waals surface area contributed by atoms with Gasteiger partial charge >= 0.3 is 0 Å². The summed E-state index contributed by atoms with van der Waals surface area (Å²) in [6, 6.07) is 11.6. The summed E-state index contributed by atoms with van der Waals surface area (Å²) in [4.78, 5) is 16.7. The molecule has 0 atom stereocenters. The quantitative estimate of drug-likeness (QED) is 0.496. The van der Waals surface area contributed by atoms with Crippen molar-refractivity contribution in [1.29, 1.82) is 5.26 Å². The molecule has 1 aromatic carbocycles. The average molecular weight is 387 g/mol. The highest BCUT2D eigenvalue weighted by Gasteiger charge is 2.14. The van der Waals surface area contributed by atoms with Crippen molar-refractivity contribution in [2.75, 3.05) is 11.9 Å².